The van der Waals surface area contributed by atoms with Crippen LogP contribution in [-0.4, -0.2) is 37.0 Å². The van der Waals surface area contributed by atoms with Crippen molar-refractivity contribution in [3.63, 3.8) is 0 Å². The summed E-state index contributed by atoms with van der Waals surface area (Å²) in [5, 5.41) is 15.6. The minimum Gasteiger partial charge on any atom is -0.393 e. The normalized spacial score (nSPS) is 17.4. The van der Waals surface area contributed by atoms with Crippen molar-refractivity contribution in [2.45, 2.75) is 25.4 Å². The highest BCUT2D eigenvalue weighted by Crippen LogP contribution is 2.20. The quantitative estimate of drug-likeness (QED) is 0.771. The molecule has 0 aromatic heterocycles. The molecule has 110 valence electrons. The molecule has 0 spiro atoms. The summed E-state index contributed by atoms with van der Waals surface area (Å²) in [5.74, 6) is 0.294. The largest absolute Gasteiger partial charge is 0.393 e. The van der Waals surface area contributed by atoms with Gasteiger partial charge in [-0.15, -0.1) is 0 Å². The van der Waals surface area contributed by atoms with E-state index in [0.29, 0.717) is 18.9 Å². The third-order valence-electron chi connectivity index (χ3n) is 3.57. The predicted octanol–water partition coefficient (Wildman–Crippen LogP) is 1.99. The lowest BCUT2D eigenvalue weighted by molar-refractivity contribution is 0.00549. The van der Waals surface area contributed by atoms with Gasteiger partial charge < -0.3 is 20.5 Å². The van der Waals surface area contributed by atoms with Crippen LogP contribution in [0.5, 0.6) is 0 Å². The third kappa shape index (κ3) is 4.83. The second-order valence-electron chi connectivity index (χ2n) is 5.05. The molecule has 1 saturated heterocycles. The maximum absolute atomic E-state index is 11.6. The molecule has 2 rings (SSSR count). The smallest absolute Gasteiger partial charge is 0.319 e. The van der Waals surface area contributed by atoms with Gasteiger partial charge in [-0.3, -0.25) is 0 Å². The van der Waals surface area contributed by atoms with Crippen LogP contribution in [0, 0.1) is 5.92 Å². The number of anilines is 1. The number of carbonyl (C=O) groups excluding carboxylic acids is 1. The first-order valence-electron chi connectivity index (χ1n) is 7.11. The number of aliphatic hydroxyl groups is 1. The van der Waals surface area contributed by atoms with E-state index in [9.17, 15) is 9.90 Å². The van der Waals surface area contributed by atoms with E-state index in [1.807, 2.05) is 30.3 Å². The van der Waals surface area contributed by atoms with Gasteiger partial charge in [-0.1, -0.05) is 18.2 Å². The molecule has 1 aromatic rings. The number of aliphatic hydroxyl groups excluding tert-OH is 1. The SMILES string of the molecule is O=C(NCCC(O)C1CCOCC1)Nc1ccccc1. The standard InChI is InChI=1S/C15H22N2O3/c18-14(12-7-10-20-11-8-12)6-9-16-15(19)17-13-4-2-1-3-5-13/h1-5,12,14,18H,6-11H2,(H2,16,17,19). The molecule has 0 saturated carbocycles. The van der Waals surface area contributed by atoms with Gasteiger partial charge in [-0.05, 0) is 37.3 Å². The molecular weight excluding hydrogens is 256 g/mol. The Bertz CT molecular complexity index is 405. The molecule has 1 heterocycles. The zero-order chi connectivity index (χ0) is 14.2. The number of amides is 2. The van der Waals surface area contributed by atoms with Gasteiger partial charge in [0.05, 0.1) is 6.10 Å². The Labute approximate surface area is 119 Å². The molecule has 1 aromatic carbocycles. The van der Waals surface area contributed by atoms with E-state index in [1.54, 1.807) is 0 Å². The van der Waals surface area contributed by atoms with Gasteiger partial charge in [0.1, 0.15) is 0 Å². The summed E-state index contributed by atoms with van der Waals surface area (Å²) in [5.41, 5.74) is 0.759. The Morgan fingerprint density at radius 2 is 2.00 bits per heavy atom. The van der Waals surface area contributed by atoms with Gasteiger partial charge in [-0.25, -0.2) is 4.79 Å². The van der Waals surface area contributed by atoms with E-state index in [1.165, 1.54) is 0 Å². The van der Waals surface area contributed by atoms with E-state index in [4.69, 9.17) is 4.74 Å². The topological polar surface area (TPSA) is 70.6 Å². The van der Waals surface area contributed by atoms with Crippen LogP contribution in [0.2, 0.25) is 0 Å². The molecule has 3 N–H and O–H groups in total. The summed E-state index contributed by atoms with van der Waals surface area (Å²) in [6, 6.07) is 9.05. The van der Waals surface area contributed by atoms with Crippen molar-refractivity contribution in [1.29, 1.82) is 0 Å². The van der Waals surface area contributed by atoms with Crippen LogP contribution in [0.3, 0.4) is 0 Å². The van der Waals surface area contributed by atoms with Gasteiger partial charge in [0.2, 0.25) is 0 Å². The molecule has 0 radical (unpaired) electrons. The van der Waals surface area contributed by atoms with Crippen molar-refractivity contribution >= 4 is 11.7 Å². The molecule has 20 heavy (non-hydrogen) atoms. The lowest BCUT2D eigenvalue weighted by Crippen LogP contribution is -2.34. The number of benzene rings is 1. The second-order valence-corrected chi connectivity index (χ2v) is 5.05. The molecule has 1 aliphatic rings. The number of para-hydroxylation sites is 1. The van der Waals surface area contributed by atoms with Gasteiger partial charge in [0.25, 0.3) is 0 Å². The average Bonchev–Trinajstić information content (AvgIpc) is 2.49. The lowest BCUT2D eigenvalue weighted by atomic mass is 9.92. The lowest BCUT2D eigenvalue weighted by Gasteiger charge is -2.26. The molecule has 5 heteroatoms. The number of carbonyl (C=O) groups is 1. The van der Waals surface area contributed by atoms with E-state index in [-0.39, 0.29) is 12.1 Å². The van der Waals surface area contributed by atoms with E-state index < -0.39 is 0 Å². The molecule has 0 aliphatic carbocycles. The van der Waals surface area contributed by atoms with Crippen molar-refractivity contribution in [1.82, 2.24) is 5.32 Å². The fourth-order valence-electron chi connectivity index (χ4n) is 2.37. The molecule has 1 aliphatic heterocycles. The van der Waals surface area contributed by atoms with Crippen LogP contribution >= 0.6 is 0 Å². The zero-order valence-corrected chi connectivity index (χ0v) is 11.5. The van der Waals surface area contributed by atoms with E-state index in [0.717, 1.165) is 31.7 Å². The van der Waals surface area contributed by atoms with E-state index in [2.05, 4.69) is 10.6 Å². The van der Waals surface area contributed by atoms with Crippen molar-refractivity contribution in [2.24, 2.45) is 5.92 Å². The van der Waals surface area contributed by atoms with Crippen LogP contribution in [0.1, 0.15) is 19.3 Å². The summed E-state index contributed by atoms with van der Waals surface area (Å²) >= 11 is 0. The maximum Gasteiger partial charge on any atom is 0.319 e. The van der Waals surface area contributed by atoms with Gasteiger partial charge in [0, 0.05) is 25.4 Å². The minimum absolute atomic E-state index is 0.240. The van der Waals surface area contributed by atoms with Crippen LogP contribution in [-0.2, 0) is 4.74 Å². The summed E-state index contributed by atoms with van der Waals surface area (Å²) in [6.45, 7) is 1.92. The Morgan fingerprint density at radius 3 is 2.70 bits per heavy atom. The maximum atomic E-state index is 11.6. The summed E-state index contributed by atoms with van der Waals surface area (Å²) in [4.78, 5) is 11.6. The molecule has 1 unspecified atom stereocenters. The van der Waals surface area contributed by atoms with Crippen LogP contribution in [0.25, 0.3) is 0 Å². The minimum atomic E-state index is -0.365. The molecule has 5 nitrogen and oxygen atoms in total. The van der Waals surface area contributed by atoms with Crippen LogP contribution in [0.15, 0.2) is 30.3 Å². The van der Waals surface area contributed by atoms with E-state index >= 15 is 0 Å². The number of urea groups is 1. The van der Waals surface area contributed by atoms with Gasteiger partial charge >= 0.3 is 6.03 Å². The molecular formula is C15H22N2O3. The first kappa shape index (κ1) is 14.8. The zero-order valence-electron chi connectivity index (χ0n) is 11.5. The van der Waals surface area contributed by atoms with Gasteiger partial charge in [-0.2, -0.15) is 0 Å². The molecule has 2 amide bonds. The highest BCUT2D eigenvalue weighted by Gasteiger charge is 2.21. The average molecular weight is 278 g/mol. The molecule has 1 fully saturated rings. The number of nitrogens with one attached hydrogen (secondary N) is 2. The fraction of sp³-hybridized carbons (Fsp3) is 0.533. The Morgan fingerprint density at radius 1 is 1.30 bits per heavy atom. The summed E-state index contributed by atoms with van der Waals surface area (Å²) < 4.78 is 5.27. The monoisotopic (exact) mass is 278 g/mol. The first-order valence-corrected chi connectivity index (χ1v) is 7.11. The second kappa shape index (κ2) is 7.87. The highest BCUT2D eigenvalue weighted by atomic mass is 16.5. The number of ether oxygens (including phenoxy) is 1. The third-order valence-corrected chi connectivity index (χ3v) is 3.57. The number of hydrogen-bond acceptors (Lipinski definition) is 3. The van der Waals surface area contributed by atoms with Crippen molar-refractivity contribution < 1.29 is 14.6 Å². The molecule has 0 bridgehead atoms. The first-order chi connectivity index (χ1) is 9.75. The Hall–Kier alpha value is -1.59. The van der Waals surface area contributed by atoms with Crippen LogP contribution in [0.4, 0.5) is 10.5 Å². The van der Waals surface area contributed by atoms with Crippen molar-refractivity contribution in [2.75, 3.05) is 25.1 Å². The Kier molecular flexibility index (Phi) is 5.83. The number of rotatable bonds is 5. The number of hydrogen-bond donors (Lipinski definition) is 3. The Balaban J connectivity index is 1.63. The summed E-state index contributed by atoms with van der Waals surface area (Å²) in [6.07, 6.45) is 2.01. The predicted molar refractivity (Wildman–Crippen MR) is 77.6 cm³/mol. The van der Waals surface area contributed by atoms with Crippen LogP contribution < -0.4 is 10.6 Å². The van der Waals surface area contributed by atoms with Gasteiger partial charge in [0.15, 0.2) is 0 Å². The van der Waals surface area contributed by atoms with Crippen molar-refractivity contribution in [3.05, 3.63) is 30.3 Å². The van der Waals surface area contributed by atoms with Crippen molar-refractivity contribution in [3.8, 4) is 0 Å². The molecule has 1 atom stereocenters. The fourth-order valence-corrected chi connectivity index (χ4v) is 2.37. The summed E-state index contributed by atoms with van der Waals surface area (Å²) in [7, 11) is 0. The highest BCUT2D eigenvalue weighted by molar-refractivity contribution is 5.89.